The number of aliphatic imine (C=N–C) groups is 1. The van der Waals surface area contributed by atoms with Crippen molar-refractivity contribution in [3.8, 4) is 0 Å². The van der Waals surface area contributed by atoms with Gasteiger partial charge in [-0.1, -0.05) is 0 Å². The zero-order valence-electron chi connectivity index (χ0n) is 7.26. The van der Waals surface area contributed by atoms with Gasteiger partial charge >= 0.3 is 0 Å². The molecule has 0 bridgehead atoms. The van der Waals surface area contributed by atoms with Crippen LogP contribution in [0.25, 0.3) is 0 Å². The van der Waals surface area contributed by atoms with Crippen molar-refractivity contribution in [2.75, 3.05) is 13.7 Å². The smallest absolute Gasteiger partial charge is 0.126 e. The molecule has 64 valence electrons. The van der Waals surface area contributed by atoms with Crippen LogP contribution >= 0.6 is 0 Å². The van der Waals surface area contributed by atoms with Crippen LogP contribution in [-0.4, -0.2) is 25.1 Å². The Labute approximate surface area is 67.6 Å². The molecule has 1 saturated carbocycles. The van der Waals surface area contributed by atoms with Crippen LogP contribution in [0, 0.1) is 0 Å². The molecular weight excluding hydrogens is 140 g/mol. The third-order valence-electron chi connectivity index (χ3n) is 2.35. The molecule has 3 heteroatoms. The van der Waals surface area contributed by atoms with Crippen molar-refractivity contribution in [2.45, 2.75) is 31.8 Å². The molecule has 0 aromatic carbocycles. The number of ether oxygens (including phenoxy) is 1. The van der Waals surface area contributed by atoms with Crippen molar-refractivity contribution in [1.82, 2.24) is 0 Å². The molecule has 0 unspecified atom stereocenters. The summed E-state index contributed by atoms with van der Waals surface area (Å²) >= 11 is 0. The van der Waals surface area contributed by atoms with Crippen LogP contribution in [0.4, 0.5) is 0 Å². The second kappa shape index (κ2) is 3.22. The molecule has 0 aliphatic heterocycles. The Morgan fingerprint density at radius 3 is 2.55 bits per heavy atom. The number of hydrogen-bond donors (Lipinski definition) is 1. The molecule has 0 atom stereocenters. The lowest BCUT2D eigenvalue weighted by atomic mass is 9.79. The highest BCUT2D eigenvalue weighted by molar-refractivity contribution is 5.89. The molecule has 0 heterocycles. The Morgan fingerprint density at radius 1 is 1.64 bits per heavy atom. The Balaban J connectivity index is 2.61. The lowest BCUT2D eigenvalue weighted by Crippen LogP contribution is -2.51. The molecule has 0 amide bonds. The van der Waals surface area contributed by atoms with E-state index < -0.39 is 0 Å². The number of methoxy groups -OCH3 is 1. The SMILES string of the molecule is CCN=C(N)C1(OC)CCC1. The minimum absolute atomic E-state index is 0.198. The highest BCUT2D eigenvalue weighted by Gasteiger charge is 2.40. The van der Waals surface area contributed by atoms with Crippen LogP contribution in [0.3, 0.4) is 0 Å². The summed E-state index contributed by atoms with van der Waals surface area (Å²) in [5.74, 6) is 0.675. The summed E-state index contributed by atoms with van der Waals surface area (Å²) in [7, 11) is 1.71. The lowest BCUT2D eigenvalue weighted by molar-refractivity contribution is -0.0136. The van der Waals surface area contributed by atoms with E-state index in [1.165, 1.54) is 6.42 Å². The first-order chi connectivity index (χ1) is 5.25. The lowest BCUT2D eigenvalue weighted by Gasteiger charge is -2.39. The summed E-state index contributed by atoms with van der Waals surface area (Å²) in [6.07, 6.45) is 3.26. The summed E-state index contributed by atoms with van der Waals surface area (Å²) in [5, 5.41) is 0. The fourth-order valence-electron chi connectivity index (χ4n) is 1.38. The predicted molar refractivity (Wildman–Crippen MR) is 45.8 cm³/mol. The quantitative estimate of drug-likeness (QED) is 0.488. The zero-order valence-corrected chi connectivity index (χ0v) is 7.26. The Morgan fingerprint density at radius 2 is 2.27 bits per heavy atom. The first-order valence-electron chi connectivity index (χ1n) is 4.11. The minimum Gasteiger partial charge on any atom is -0.385 e. The summed E-state index contributed by atoms with van der Waals surface area (Å²) in [4.78, 5) is 4.16. The molecule has 1 aliphatic rings. The van der Waals surface area contributed by atoms with E-state index in [2.05, 4.69) is 4.99 Å². The molecule has 0 saturated heterocycles. The third-order valence-corrected chi connectivity index (χ3v) is 2.35. The van der Waals surface area contributed by atoms with E-state index in [0.717, 1.165) is 19.4 Å². The maximum atomic E-state index is 5.76. The number of amidine groups is 1. The van der Waals surface area contributed by atoms with Gasteiger partial charge in [-0.15, -0.1) is 0 Å². The van der Waals surface area contributed by atoms with E-state index in [4.69, 9.17) is 10.5 Å². The molecule has 1 fully saturated rings. The van der Waals surface area contributed by atoms with Gasteiger partial charge in [-0.05, 0) is 26.2 Å². The first kappa shape index (κ1) is 8.53. The molecule has 0 radical (unpaired) electrons. The maximum Gasteiger partial charge on any atom is 0.126 e. The number of hydrogen-bond acceptors (Lipinski definition) is 2. The molecule has 1 rings (SSSR count). The fourth-order valence-corrected chi connectivity index (χ4v) is 1.38. The molecule has 11 heavy (non-hydrogen) atoms. The molecule has 0 spiro atoms. The molecule has 2 N–H and O–H groups in total. The highest BCUT2D eigenvalue weighted by atomic mass is 16.5. The van der Waals surface area contributed by atoms with Crippen LogP contribution in [0.5, 0.6) is 0 Å². The first-order valence-corrected chi connectivity index (χ1v) is 4.11. The number of nitrogens with two attached hydrogens (primary N) is 1. The summed E-state index contributed by atoms with van der Waals surface area (Å²) < 4.78 is 5.33. The van der Waals surface area contributed by atoms with Crippen LogP contribution in [0.1, 0.15) is 26.2 Å². The molecule has 3 nitrogen and oxygen atoms in total. The van der Waals surface area contributed by atoms with Crippen LogP contribution < -0.4 is 5.73 Å². The van der Waals surface area contributed by atoms with E-state index in [0.29, 0.717) is 5.84 Å². The van der Waals surface area contributed by atoms with Gasteiger partial charge in [-0.3, -0.25) is 4.99 Å². The van der Waals surface area contributed by atoms with E-state index in [9.17, 15) is 0 Å². The van der Waals surface area contributed by atoms with Gasteiger partial charge in [0.25, 0.3) is 0 Å². The zero-order chi connectivity index (χ0) is 8.32. The van der Waals surface area contributed by atoms with E-state index in [1.807, 2.05) is 6.92 Å². The Hall–Kier alpha value is -0.570. The summed E-state index contributed by atoms with van der Waals surface area (Å²) in [6, 6.07) is 0. The fraction of sp³-hybridized carbons (Fsp3) is 0.875. The number of rotatable bonds is 3. The van der Waals surface area contributed by atoms with Gasteiger partial charge in [0.15, 0.2) is 0 Å². The van der Waals surface area contributed by atoms with Crippen molar-refractivity contribution in [3.63, 3.8) is 0 Å². The maximum absolute atomic E-state index is 5.76. The number of nitrogens with zero attached hydrogens (tertiary/aromatic N) is 1. The van der Waals surface area contributed by atoms with E-state index >= 15 is 0 Å². The molecular formula is C8H16N2O. The Bertz CT molecular complexity index is 156. The van der Waals surface area contributed by atoms with Crippen molar-refractivity contribution in [1.29, 1.82) is 0 Å². The van der Waals surface area contributed by atoms with Crippen molar-refractivity contribution < 1.29 is 4.74 Å². The predicted octanol–water partition coefficient (Wildman–Crippen LogP) is 0.933. The second-order valence-electron chi connectivity index (χ2n) is 2.91. The van der Waals surface area contributed by atoms with Gasteiger partial charge in [0.1, 0.15) is 11.4 Å². The monoisotopic (exact) mass is 156 g/mol. The van der Waals surface area contributed by atoms with Crippen molar-refractivity contribution in [3.05, 3.63) is 0 Å². The largest absolute Gasteiger partial charge is 0.385 e. The Kier molecular flexibility index (Phi) is 2.49. The average Bonchev–Trinajstić information content (AvgIpc) is 1.87. The van der Waals surface area contributed by atoms with E-state index in [1.54, 1.807) is 7.11 Å². The van der Waals surface area contributed by atoms with Gasteiger partial charge in [0.2, 0.25) is 0 Å². The van der Waals surface area contributed by atoms with Crippen molar-refractivity contribution in [2.24, 2.45) is 10.7 Å². The third kappa shape index (κ3) is 1.38. The van der Waals surface area contributed by atoms with Crippen LogP contribution in [-0.2, 0) is 4.74 Å². The molecule has 1 aliphatic carbocycles. The normalized spacial score (nSPS) is 22.9. The standard InChI is InChI=1S/C8H16N2O/c1-3-10-7(9)8(11-2)5-4-6-8/h3-6H2,1-2H3,(H2,9,10). The summed E-state index contributed by atoms with van der Waals surface area (Å²) in [5.41, 5.74) is 5.56. The van der Waals surface area contributed by atoms with Gasteiger partial charge in [0.05, 0.1) is 0 Å². The van der Waals surface area contributed by atoms with Crippen molar-refractivity contribution >= 4 is 5.84 Å². The average molecular weight is 156 g/mol. The van der Waals surface area contributed by atoms with Crippen LogP contribution in [0.2, 0.25) is 0 Å². The summed E-state index contributed by atoms with van der Waals surface area (Å²) in [6.45, 7) is 2.73. The van der Waals surface area contributed by atoms with E-state index in [-0.39, 0.29) is 5.60 Å². The minimum atomic E-state index is -0.198. The topological polar surface area (TPSA) is 47.6 Å². The van der Waals surface area contributed by atoms with Crippen LogP contribution in [0.15, 0.2) is 4.99 Å². The molecule has 0 aromatic rings. The highest BCUT2D eigenvalue weighted by Crippen LogP contribution is 2.34. The van der Waals surface area contributed by atoms with Gasteiger partial charge < -0.3 is 10.5 Å². The molecule has 0 aromatic heterocycles. The van der Waals surface area contributed by atoms with Gasteiger partial charge in [-0.25, -0.2) is 0 Å². The van der Waals surface area contributed by atoms with Gasteiger partial charge in [-0.2, -0.15) is 0 Å². The second-order valence-corrected chi connectivity index (χ2v) is 2.91. The van der Waals surface area contributed by atoms with Gasteiger partial charge in [0, 0.05) is 13.7 Å².